The molecule has 5 nitrogen and oxygen atoms in total. The van der Waals surface area contributed by atoms with Gasteiger partial charge in [-0.1, -0.05) is 6.07 Å². The summed E-state index contributed by atoms with van der Waals surface area (Å²) >= 11 is 0. The van der Waals surface area contributed by atoms with Crippen LogP contribution in [0.25, 0.3) is 0 Å². The van der Waals surface area contributed by atoms with E-state index in [2.05, 4.69) is 5.32 Å². The van der Waals surface area contributed by atoms with Gasteiger partial charge in [-0.3, -0.25) is 4.79 Å². The summed E-state index contributed by atoms with van der Waals surface area (Å²) in [5.74, 6) is -0.250. The Morgan fingerprint density at radius 2 is 2.35 bits per heavy atom. The second-order valence-corrected chi connectivity index (χ2v) is 3.62. The topological polar surface area (TPSA) is 71.4 Å². The van der Waals surface area contributed by atoms with Gasteiger partial charge in [0.05, 0.1) is 31.5 Å². The minimum absolute atomic E-state index is 0.250. The van der Waals surface area contributed by atoms with Crippen molar-refractivity contribution in [1.82, 2.24) is 0 Å². The Kier molecular flexibility index (Phi) is 3.70. The summed E-state index contributed by atoms with van der Waals surface area (Å²) < 4.78 is 10.4. The predicted molar refractivity (Wildman–Crippen MR) is 60.3 cm³/mol. The van der Waals surface area contributed by atoms with Crippen molar-refractivity contribution < 1.29 is 14.3 Å². The van der Waals surface area contributed by atoms with Crippen molar-refractivity contribution >= 4 is 11.6 Å². The van der Waals surface area contributed by atoms with E-state index in [0.29, 0.717) is 24.5 Å². The van der Waals surface area contributed by atoms with Crippen LogP contribution in [0, 0.1) is 11.3 Å². The molecule has 1 aliphatic heterocycles. The lowest BCUT2D eigenvalue weighted by molar-refractivity contribution is -0.142. The fraction of sp³-hybridized carbons (Fsp3) is 0.333. The minimum Gasteiger partial charge on any atom is -0.376 e. The van der Waals surface area contributed by atoms with Gasteiger partial charge in [-0.05, 0) is 18.2 Å². The van der Waals surface area contributed by atoms with Gasteiger partial charge < -0.3 is 14.8 Å². The van der Waals surface area contributed by atoms with Crippen LogP contribution in [0.5, 0.6) is 0 Å². The quantitative estimate of drug-likeness (QED) is 0.822. The summed E-state index contributed by atoms with van der Waals surface area (Å²) in [4.78, 5) is 11.8. The molecule has 1 fully saturated rings. The molecule has 1 heterocycles. The standard InChI is InChI=1S/C12H12N2O3/c13-7-9-2-1-3-10(6-9)14-12(15)11-8-16-4-5-17-11/h1-3,6,11H,4-5,8H2,(H,14,15). The van der Waals surface area contributed by atoms with Crippen molar-refractivity contribution in [1.29, 1.82) is 5.26 Å². The summed E-state index contributed by atoms with van der Waals surface area (Å²) in [7, 11) is 0. The van der Waals surface area contributed by atoms with Crippen molar-refractivity contribution in [3.05, 3.63) is 29.8 Å². The molecule has 1 atom stereocenters. The van der Waals surface area contributed by atoms with Crippen molar-refractivity contribution in [3.8, 4) is 6.07 Å². The third kappa shape index (κ3) is 3.03. The lowest BCUT2D eigenvalue weighted by Gasteiger charge is -2.22. The molecule has 0 spiro atoms. The van der Waals surface area contributed by atoms with Crippen molar-refractivity contribution in [2.45, 2.75) is 6.10 Å². The molecule has 1 aromatic carbocycles. The van der Waals surface area contributed by atoms with Gasteiger partial charge in [-0.15, -0.1) is 0 Å². The van der Waals surface area contributed by atoms with Crippen LogP contribution in [-0.4, -0.2) is 31.8 Å². The zero-order chi connectivity index (χ0) is 12.1. The molecular weight excluding hydrogens is 220 g/mol. The zero-order valence-electron chi connectivity index (χ0n) is 9.18. The number of hydrogen-bond donors (Lipinski definition) is 1. The molecule has 0 saturated carbocycles. The third-order valence-electron chi connectivity index (χ3n) is 2.37. The SMILES string of the molecule is N#Cc1cccc(NC(=O)C2COCCO2)c1. The highest BCUT2D eigenvalue weighted by molar-refractivity contribution is 5.94. The number of hydrogen-bond acceptors (Lipinski definition) is 4. The summed E-state index contributed by atoms with van der Waals surface area (Å²) in [5.41, 5.74) is 1.09. The van der Waals surface area contributed by atoms with Crippen LogP contribution in [0.3, 0.4) is 0 Å². The highest BCUT2D eigenvalue weighted by Crippen LogP contribution is 2.11. The number of ether oxygens (including phenoxy) is 2. The maximum Gasteiger partial charge on any atom is 0.255 e. The fourth-order valence-corrected chi connectivity index (χ4v) is 1.53. The number of anilines is 1. The maximum absolute atomic E-state index is 11.8. The number of nitrogens with one attached hydrogen (secondary N) is 1. The monoisotopic (exact) mass is 232 g/mol. The van der Waals surface area contributed by atoms with E-state index in [4.69, 9.17) is 14.7 Å². The molecule has 5 heteroatoms. The molecule has 0 aromatic heterocycles. The lowest BCUT2D eigenvalue weighted by atomic mass is 10.2. The van der Waals surface area contributed by atoms with E-state index in [0.717, 1.165) is 0 Å². The number of amides is 1. The molecule has 1 N–H and O–H groups in total. The number of nitriles is 1. The van der Waals surface area contributed by atoms with Gasteiger partial charge in [-0.2, -0.15) is 5.26 Å². The van der Waals surface area contributed by atoms with Crippen LogP contribution < -0.4 is 5.32 Å². The minimum atomic E-state index is -0.575. The van der Waals surface area contributed by atoms with Crippen LogP contribution in [0.4, 0.5) is 5.69 Å². The summed E-state index contributed by atoms with van der Waals surface area (Å²) in [6.45, 7) is 1.22. The Morgan fingerprint density at radius 3 is 3.06 bits per heavy atom. The van der Waals surface area contributed by atoms with E-state index < -0.39 is 6.10 Å². The Labute approximate surface area is 98.9 Å². The van der Waals surface area contributed by atoms with Gasteiger partial charge >= 0.3 is 0 Å². The summed E-state index contributed by atoms with van der Waals surface area (Å²) in [5, 5.41) is 11.4. The number of benzene rings is 1. The van der Waals surface area contributed by atoms with Gasteiger partial charge in [0, 0.05) is 5.69 Å². The van der Waals surface area contributed by atoms with E-state index in [1.165, 1.54) is 0 Å². The highest BCUT2D eigenvalue weighted by atomic mass is 16.6. The molecule has 1 aliphatic rings. The predicted octanol–water partition coefficient (Wildman–Crippen LogP) is 0.912. The zero-order valence-corrected chi connectivity index (χ0v) is 9.18. The van der Waals surface area contributed by atoms with Gasteiger partial charge in [0.15, 0.2) is 6.10 Å². The van der Waals surface area contributed by atoms with E-state index >= 15 is 0 Å². The van der Waals surface area contributed by atoms with Gasteiger partial charge in [0.1, 0.15) is 0 Å². The lowest BCUT2D eigenvalue weighted by Crippen LogP contribution is -2.39. The van der Waals surface area contributed by atoms with Crippen LogP contribution in [0.1, 0.15) is 5.56 Å². The maximum atomic E-state index is 11.8. The Morgan fingerprint density at radius 1 is 1.47 bits per heavy atom. The number of carbonyl (C=O) groups is 1. The average Bonchev–Trinajstić information content (AvgIpc) is 2.40. The van der Waals surface area contributed by atoms with Crippen LogP contribution in [0.15, 0.2) is 24.3 Å². The number of nitrogens with zero attached hydrogens (tertiary/aromatic N) is 1. The molecule has 1 unspecified atom stereocenters. The van der Waals surface area contributed by atoms with Crippen molar-refractivity contribution in [3.63, 3.8) is 0 Å². The second kappa shape index (κ2) is 5.43. The van der Waals surface area contributed by atoms with Crippen LogP contribution in [-0.2, 0) is 14.3 Å². The Hall–Kier alpha value is -1.90. The average molecular weight is 232 g/mol. The first-order valence-electron chi connectivity index (χ1n) is 5.30. The first-order chi connectivity index (χ1) is 8.29. The molecule has 1 saturated heterocycles. The van der Waals surface area contributed by atoms with Crippen LogP contribution in [0.2, 0.25) is 0 Å². The normalized spacial score (nSPS) is 19.4. The first-order valence-corrected chi connectivity index (χ1v) is 5.30. The van der Waals surface area contributed by atoms with E-state index in [1.54, 1.807) is 24.3 Å². The van der Waals surface area contributed by atoms with E-state index in [9.17, 15) is 4.79 Å². The number of rotatable bonds is 2. The highest BCUT2D eigenvalue weighted by Gasteiger charge is 2.22. The largest absolute Gasteiger partial charge is 0.376 e. The molecule has 1 amide bonds. The fourth-order valence-electron chi connectivity index (χ4n) is 1.53. The third-order valence-corrected chi connectivity index (χ3v) is 2.37. The first kappa shape index (κ1) is 11.6. The second-order valence-electron chi connectivity index (χ2n) is 3.62. The smallest absolute Gasteiger partial charge is 0.255 e. The molecule has 2 rings (SSSR count). The van der Waals surface area contributed by atoms with Gasteiger partial charge in [0.2, 0.25) is 0 Å². The molecule has 0 bridgehead atoms. The van der Waals surface area contributed by atoms with Crippen molar-refractivity contribution in [2.24, 2.45) is 0 Å². The van der Waals surface area contributed by atoms with E-state index in [1.807, 2.05) is 6.07 Å². The van der Waals surface area contributed by atoms with Gasteiger partial charge in [-0.25, -0.2) is 0 Å². The Bertz CT molecular complexity index is 447. The van der Waals surface area contributed by atoms with Gasteiger partial charge in [0.25, 0.3) is 5.91 Å². The molecular formula is C12H12N2O3. The summed E-state index contributed by atoms with van der Waals surface area (Å²) in [6.07, 6.45) is -0.575. The number of carbonyl (C=O) groups excluding carboxylic acids is 1. The molecule has 1 aromatic rings. The van der Waals surface area contributed by atoms with Crippen LogP contribution >= 0.6 is 0 Å². The summed E-state index contributed by atoms with van der Waals surface area (Å²) in [6, 6.07) is 8.74. The molecule has 0 aliphatic carbocycles. The molecule has 88 valence electrons. The Balaban J connectivity index is 1.99. The van der Waals surface area contributed by atoms with Crippen molar-refractivity contribution in [2.75, 3.05) is 25.1 Å². The molecule has 17 heavy (non-hydrogen) atoms. The van der Waals surface area contributed by atoms with E-state index in [-0.39, 0.29) is 12.5 Å². The molecule has 0 radical (unpaired) electrons.